The lowest BCUT2D eigenvalue weighted by atomic mass is 10.3. The molecule has 9 heteroatoms. The number of anilines is 1. The van der Waals surface area contributed by atoms with E-state index >= 15 is 0 Å². The van der Waals surface area contributed by atoms with Crippen molar-refractivity contribution >= 4 is 31.6 Å². The van der Waals surface area contributed by atoms with Crippen LogP contribution in [0.1, 0.15) is 5.76 Å². The fourth-order valence-electron chi connectivity index (χ4n) is 1.58. The molecule has 0 saturated carbocycles. The molecule has 0 saturated heterocycles. The second-order valence-electron chi connectivity index (χ2n) is 4.03. The van der Waals surface area contributed by atoms with Crippen LogP contribution in [0.2, 0.25) is 0 Å². The summed E-state index contributed by atoms with van der Waals surface area (Å²) >= 11 is 2.98. The van der Waals surface area contributed by atoms with Crippen molar-refractivity contribution < 1.29 is 21.6 Å². The van der Waals surface area contributed by atoms with E-state index in [1.165, 1.54) is 19.2 Å². The van der Waals surface area contributed by atoms with Gasteiger partial charge in [-0.3, -0.25) is 0 Å². The molecule has 0 radical (unpaired) electrons. The number of hydrogen-bond acceptors (Lipinski definition) is 4. The monoisotopic (exact) mass is 380 g/mol. The van der Waals surface area contributed by atoms with Gasteiger partial charge in [-0.2, -0.15) is 0 Å². The van der Waals surface area contributed by atoms with E-state index in [0.29, 0.717) is 0 Å². The van der Waals surface area contributed by atoms with Crippen LogP contribution >= 0.6 is 15.9 Å². The minimum Gasteiger partial charge on any atom is -0.446 e. The van der Waals surface area contributed by atoms with E-state index in [9.17, 15) is 17.2 Å². The van der Waals surface area contributed by atoms with Crippen molar-refractivity contribution in [2.24, 2.45) is 0 Å². The maximum atomic E-state index is 13.6. The first kappa shape index (κ1) is 15.9. The van der Waals surface area contributed by atoms with E-state index < -0.39 is 21.7 Å². The summed E-state index contributed by atoms with van der Waals surface area (Å²) in [5.74, 6) is -1.31. The molecular formula is C12H11BrF2N2O3S. The topological polar surface area (TPSA) is 71.3 Å². The molecule has 5 nitrogen and oxygen atoms in total. The average molecular weight is 381 g/mol. The Morgan fingerprint density at radius 2 is 1.86 bits per heavy atom. The van der Waals surface area contributed by atoms with Crippen LogP contribution < -0.4 is 10.0 Å². The van der Waals surface area contributed by atoms with Gasteiger partial charge in [-0.25, -0.2) is 21.9 Å². The number of benzene rings is 1. The molecule has 0 aliphatic carbocycles. The second kappa shape index (κ2) is 6.12. The third-order valence-electron chi connectivity index (χ3n) is 2.62. The standard InChI is InChI=1S/C12H11BrF2N2O3S/c1-16-21(18,19)11-3-2-8(20-11)6-17-12-9(14)4-7(13)5-10(12)15/h2-5,16-17H,6H2,1H3. The summed E-state index contributed by atoms with van der Waals surface area (Å²) in [7, 11) is -2.43. The summed E-state index contributed by atoms with van der Waals surface area (Å²) in [5.41, 5.74) is -0.312. The highest BCUT2D eigenvalue weighted by Crippen LogP contribution is 2.24. The van der Waals surface area contributed by atoms with Crippen molar-refractivity contribution in [2.45, 2.75) is 11.6 Å². The zero-order valence-corrected chi connectivity index (χ0v) is 13.2. The minimum absolute atomic E-state index is 0.0608. The molecule has 1 heterocycles. The highest BCUT2D eigenvalue weighted by atomic mass is 79.9. The van der Waals surface area contributed by atoms with E-state index in [1.54, 1.807) is 0 Å². The summed E-state index contributed by atoms with van der Waals surface area (Å²) < 4.78 is 57.6. The first-order valence-electron chi connectivity index (χ1n) is 5.74. The number of hydrogen-bond donors (Lipinski definition) is 2. The van der Waals surface area contributed by atoms with Crippen LogP contribution in [0.15, 0.2) is 38.2 Å². The molecule has 114 valence electrons. The Kier molecular flexibility index (Phi) is 4.64. The van der Waals surface area contributed by atoms with E-state index in [-0.39, 0.29) is 27.6 Å². The molecule has 1 aromatic carbocycles. The van der Waals surface area contributed by atoms with Crippen molar-refractivity contribution in [2.75, 3.05) is 12.4 Å². The van der Waals surface area contributed by atoms with E-state index in [4.69, 9.17) is 4.42 Å². The van der Waals surface area contributed by atoms with Gasteiger partial charge in [0.15, 0.2) is 0 Å². The van der Waals surface area contributed by atoms with Crippen LogP contribution in [0, 0.1) is 11.6 Å². The zero-order valence-electron chi connectivity index (χ0n) is 10.8. The molecule has 0 unspecified atom stereocenters. The van der Waals surface area contributed by atoms with Gasteiger partial charge in [0, 0.05) is 4.47 Å². The Morgan fingerprint density at radius 1 is 1.24 bits per heavy atom. The quantitative estimate of drug-likeness (QED) is 0.836. The highest BCUT2D eigenvalue weighted by molar-refractivity contribution is 9.10. The molecule has 1 aromatic heterocycles. The number of rotatable bonds is 5. The normalized spacial score (nSPS) is 11.6. The predicted octanol–water partition coefficient (Wildman–Crippen LogP) is 2.84. The second-order valence-corrected chi connectivity index (χ2v) is 6.76. The number of sulfonamides is 1. The van der Waals surface area contributed by atoms with Gasteiger partial charge in [-0.05, 0) is 31.3 Å². The lowest BCUT2D eigenvalue weighted by Gasteiger charge is -2.07. The Balaban J connectivity index is 2.15. The lowest BCUT2D eigenvalue weighted by molar-refractivity contribution is 0.416. The molecule has 0 aliphatic heterocycles. The third kappa shape index (κ3) is 3.60. The van der Waals surface area contributed by atoms with E-state index in [2.05, 4.69) is 26.0 Å². The van der Waals surface area contributed by atoms with Gasteiger partial charge in [-0.15, -0.1) is 0 Å². The molecule has 0 fully saturated rings. The summed E-state index contributed by atoms with van der Waals surface area (Å²) in [6.45, 7) is -0.0608. The van der Waals surface area contributed by atoms with E-state index in [0.717, 1.165) is 12.1 Å². The molecule has 0 aliphatic rings. The molecule has 0 bridgehead atoms. The fourth-order valence-corrected chi connectivity index (χ4v) is 2.65. The summed E-state index contributed by atoms with van der Waals surface area (Å²) in [6.07, 6.45) is 0. The molecule has 21 heavy (non-hydrogen) atoms. The smallest absolute Gasteiger partial charge is 0.273 e. The third-order valence-corrected chi connectivity index (χ3v) is 4.36. The van der Waals surface area contributed by atoms with Crippen LogP contribution in [0.25, 0.3) is 0 Å². The number of halogens is 3. The van der Waals surface area contributed by atoms with Crippen molar-refractivity contribution in [3.8, 4) is 0 Å². The molecule has 2 aromatic rings. The first-order valence-corrected chi connectivity index (χ1v) is 8.02. The molecule has 0 amide bonds. The predicted molar refractivity (Wildman–Crippen MR) is 76.3 cm³/mol. The van der Waals surface area contributed by atoms with Crippen LogP contribution in [0.5, 0.6) is 0 Å². The summed E-state index contributed by atoms with van der Waals surface area (Å²) in [4.78, 5) is 0. The Morgan fingerprint density at radius 3 is 2.43 bits per heavy atom. The molecule has 0 spiro atoms. The summed E-state index contributed by atoms with van der Waals surface area (Å²) in [6, 6.07) is 4.90. The first-order chi connectivity index (χ1) is 9.83. The average Bonchev–Trinajstić information content (AvgIpc) is 2.87. The van der Waals surface area contributed by atoms with Gasteiger partial charge >= 0.3 is 0 Å². The SMILES string of the molecule is CNS(=O)(=O)c1ccc(CNc2c(F)cc(Br)cc2F)o1. The van der Waals surface area contributed by atoms with Gasteiger partial charge < -0.3 is 9.73 Å². The van der Waals surface area contributed by atoms with Crippen molar-refractivity contribution in [3.63, 3.8) is 0 Å². The van der Waals surface area contributed by atoms with Gasteiger partial charge in [0.25, 0.3) is 10.0 Å². The van der Waals surface area contributed by atoms with E-state index in [1.807, 2.05) is 0 Å². The van der Waals surface area contributed by atoms with Gasteiger partial charge in [-0.1, -0.05) is 15.9 Å². The Bertz CT molecular complexity index is 739. The van der Waals surface area contributed by atoms with Crippen LogP contribution in [0.3, 0.4) is 0 Å². The Labute approximate surface area is 128 Å². The maximum absolute atomic E-state index is 13.6. The van der Waals surface area contributed by atoms with Gasteiger partial charge in [0.05, 0.1) is 6.54 Å². The maximum Gasteiger partial charge on any atom is 0.273 e. The highest BCUT2D eigenvalue weighted by Gasteiger charge is 2.17. The lowest BCUT2D eigenvalue weighted by Crippen LogP contribution is -2.17. The molecular weight excluding hydrogens is 370 g/mol. The van der Waals surface area contributed by atoms with Gasteiger partial charge in [0.1, 0.15) is 23.1 Å². The number of nitrogens with one attached hydrogen (secondary N) is 2. The summed E-state index contributed by atoms with van der Waals surface area (Å²) in [5, 5.41) is 2.26. The van der Waals surface area contributed by atoms with Crippen molar-refractivity contribution in [3.05, 3.63) is 46.1 Å². The molecule has 2 N–H and O–H groups in total. The van der Waals surface area contributed by atoms with Crippen LogP contribution in [-0.2, 0) is 16.6 Å². The van der Waals surface area contributed by atoms with Gasteiger partial charge in [0.2, 0.25) is 5.09 Å². The minimum atomic E-state index is -3.68. The number of furan rings is 1. The van der Waals surface area contributed by atoms with Crippen LogP contribution in [-0.4, -0.2) is 15.5 Å². The van der Waals surface area contributed by atoms with Crippen molar-refractivity contribution in [1.29, 1.82) is 0 Å². The largest absolute Gasteiger partial charge is 0.446 e. The van der Waals surface area contributed by atoms with Crippen molar-refractivity contribution in [1.82, 2.24) is 4.72 Å². The molecule has 2 rings (SSSR count). The Hall–Kier alpha value is -1.45. The zero-order chi connectivity index (χ0) is 15.6. The van der Waals surface area contributed by atoms with Crippen LogP contribution in [0.4, 0.5) is 14.5 Å². The molecule has 0 atom stereocenters. The fraction of sp³-hybridized carbons (Fsp3) is 0.167.